The summed E-state index contributed by atoms with van der Waals surface area (Å²) in [5.41, 5.74) is 8.18. The van der Waals surface area contributed by atoms with E-state index in [1.165, 1.54) is 5.56 Å². The molecule has 0 aliphatic heterocycles. The maximum absolute atomic E-state index is 5.99. The van der Waals surface area contributed by atoms with E-state index in [-0.39, 0.29) is 0 Å². The van der Waals surface area contributed by atoms with Gasteiger partial charge in [0.15, 0.2) is 5.96 Å². The third kappa shape index (κ3) is 4.14. The number of guanidine groups is 1. The van der Waals surface area contributed by atoms with Crippen molar-refractivity contribution in [1.29, 1.82) is 0 Å². The predicted octanol–water partition coefficient (Wildman–Crippen LogP) is 2.81. The molecule has 0 heterocycles. The highest BCUT2D eigenvalue weighted by atomic mass is 15.2. The Labute approximate surface area is 114 Å². The highest BCUT2D eigenvalue weighted by molar-refractivity contribution is 5.80. The van der Waals surface area contributed by atoms with E-state index in [0.717, 1.165) is 18.7 Å². The van der Waals surface area contributed by atoms with Gasteiger partial charge in [-0.3, -0.25) is 0 Å². The summed E-state index contributed by atoms with van der Waals surface area (Å²) in [5, 5.41) is 0. The van der Waals surface area contributed by atoms with Crippen molar-refractivity contribution in [1.82, 2.24) is 4.90 Å². The van der Waals surface area contributed by atoms with Gasteiger partial charge < -0.3 is 10.6 Å². The van der Waals surface area contributed by atoms with Crippen LogP contribution in [0.15, 0.2) is 65.7 Å². The zero-order valence-corrected chi connectivity index (χ0v) is 11.2. The fraction of sp³-hybridized carbons (Fsp3) is 0.188. The lowest BCUT2D eigenvalue weighted by Gasteiger charge is -2.17. The van der Waals surface area contributed by atoms with Gasteiger partial charge in [0.1, 0.15) is 0 Å². The normalized spacial score (nSPS) is 11.3. The van der Waals surface area contributed by atoms with E-state index in [2.05, 4.69) is 29.3 Å². The van der Waals surface area contributed by atoms with Crippen molar-refractivity contribution >= 4 is 11.6 Å². The van der Waals surface area contributed by atoms with Crippen LogP contribution in [-0.2, 0) is 6.42 Å². The van der Waals surface area contributed by atoms with Gasteiger partial charge >= 0.3 is 0 Å². The van der Waals surface area contributed by atoms with Gasteiger partial charge in [0.05, 0.1) is 5.69 Å². The smallest absolute Gasteiger partial charge is 0.196 e. The molecule has 0 bridgehead atoms. The minimum absolute atomic E-state index is 0.544. The first-order valence-electron chi connectivity index (χ1n) is 6.40. The quantitative estimate of drug-likeness (QED) is 0.672. The maximum atomic E-state index is 5.99. The summed E-state index contributed by atoms with van der Waals surface area (Å²) in [7, 11) is 1.96. The number of rotatable bonds is 4. The molecule has 2 aromatic carbocycles. The Bertz CT molecular complexity index is 520. The lowest BCUT2D eigenvalue weighted by molar-refractivity contribution is 0.503. The predicted molar refractivity (Wildman–Crippen MR) is 80.5 cm³/mol. The van der Waals surface area contributed by atoms with Crippen molar-refractivity contribution in [3.05, 3.63) is 66.2 Å². The summed E-state index contributed by atoms with van der Waals surface area (Å²) < 4.78 is 0. The molecule has 0 radical (unpaired) electrons. The fourth-order valence-electron chi connectivity index (χ4n) is 1.78. The summed E-state index contributed by atoms with van der Waals surface area (Å²) >= 11 is 0. The number of hydrogen-bond acceptors (Lipinski definition) is 1. The Kier molecular flexibility index (Phi) is 4.56. The second-order valence-corrected chi connectivity index (χ2v) is 4.46. The molecule has 3 nitrogen and oxygen atoms in total. The van der Waals surface area contributed by atoms with Gasteiger partial charge in [-0.15, -0.1) is 0 Å². The number of aliphatic imine (C=N–C) groups is 1. The van der Waals surface area contributed by atoms with Gasteiger partial charge in [-0.1, -0.05) is 48.5 Å². The molecule has 0 aromatic heterocycles. The molecule has 0 aliphatic carbocycles. The summed E-state index contributed by atoms with van der Waals surface area (Å²) in [6, 6.07) is 20.1. The van der Waals surface area contributed by atoms with Crippen molar-refractivity contribution < 1.29 is 0 Å². The van der Waals surface area contributed by atoms with Crippen molar-refractivity contribution in [3.63, 3.8) is 0 Å². The monoisotopic (exact) mass is 253 g/mol. The lowest BCUT2D eigenvalue weighted by atomic mass is 10.1. The Hall–Kier alpha value is -2.29. The molecule has 19 heavy (non-hydrogen) atoms. The molecule has 2 N–H and O–H groups in total. The van der Waals surface area contributed by atoms with Crippen LogP contribution in [0, 0.1) is 0 Å². The van der Waals surface area contributed by atoms with Gasteiger partial charge in [0.2, 0.25) is 0 Å². The highest BCUT2D eigenvalue weighted by Gasteiger charge is 2.02. The Balaban J connectivity index is 1.93. The average molecular weight is 253 g/mol. The number of benzene rings is 2. The standard InChI is InChI=1S/C16H19N3/c1-19(13-12-14-8-4-2-5-9-14)16(17)18-15-10-6-3-7-11-15/h2-11H,12-13H2,1H3,(H2,17,18). The molecule has 0 saturated heterocycles. The minimum atomic E-state index is 0.544. The SMILES string of the molecule is CN(CCc1ccccc1)C(N)=Nc1ccccc1. The third-order valence-corrected chi connectivity index (χ3v) is 2.97. The van der Waals surface area contributed by atoms with E-state index in [1.54, 1.807) is 0 Å². The zero-order chi connectivity index (χ0) is 13.5. The van der Waals surface area contributed by atoms with E-state index in [9.17, 15) is 0 Å². The Morgan fingerprint density at radius 3 is 2.21 bits per heavy atom. The van der Waals surface area contributed by atoms with Crippen LogP contribution in [0.25, 0.3) is 0 Å². The topological polar surface area (TPSA) is 41.6 Å². The molecular weight excluding hydrogens is 234 g/mol. The minimum Gasteiger partial charge on any atom is -0.369 e. The first-order chi connectivity index (χ1) is 9.25. The van der Waals surface area contributed by atoms with E-state index in [4.69, 9.17) is 5.73 Å². The van der Waals surface area contributed by atoms with E-state index in [0.29, 0.717) is 5.96 Å². The first kappa shape index (κ1) is 13.1. The molecule has 2 rings (SSSR count). The van der Waals surface area contributed by atoms with Crippen LogP contribution in [0.1, 0.15) is 5.56 Å². The van der Waals surface area contributed by atoms with Crippen LogP contribution in [0.5, 0.6) is 0 Å². The van der Waals surface area contributed by atoms with Crippen molar-refractivity contribution in [2.45, 2.75) is 6.42 Å². The van der Waals surface area contributed by atoms with Gasteiger partial charge in [-0.2, -0.15) is 0 Å². The van der Waals surface area contributed by atoms with Crippen molar-refractivity contribution in [2.75, 3.05) is 13.6 Å². The van der Waals surface area contributed by atoms with E-state index < -0.39 is 0 Å². The van der Waals surface area contributed by atoms with Crippen molar-refractivity contribution in [2.24, 2.45) is 10.7 Å². The Morgan fingerprint density at radius 1 is 1.00 bits per heavy atom. The molecule has 0 atom stereocenters. The van der Waals surface area contributed by atoms with Gasteiger partial charge in [0, 0.05) is 13.6 Å². The Morgan fingerprint density at radius 2 is 1.58 bits per heavy atom. The molecule has 0 spiro atoms. The summed E-state index contributed by atoms with van der Waals surface area (Å²) in [6.07, 6.45) is 0.961. The van der Waals surface area contributed by atoms with Gasteiger partial charge in [-0.05, 0) is 24.1 Å². The van der Waals surface area contributed by atoms with Crippen LogP contribution >= 0.6 is 0 Å². The van der Waals surface area contributed by atoms with Gasteiger partial charge in [0.25, 0.3) is 0 Å². The molecule has 0 aliphatic rings. The number of para-hydroxylation sites is 1. The number of likely N-dealkylation sites (N-methyl/N-ethyl adjacent to an activating group) is 1. The molecule has 0 fully saturated rings. The number of hydrogen-bond donors (Lipinski definition) is 1. The second-order valence-electron chi connectivity index (χ2n) is 4.46. The first-order valence-corrected chi connectivity index (χ1v) is 6.40. The van der Waals surface area contributed by atoms with E-state index in [1.807, 2.05) is 48.3 Å². The average Bonchev–Trinajstić information content (AvgIpc) is 2.47. The lowest BCUT2D eigenvalue weighted by Crippen LogP contribution is -2.35. The van der Waals surface area contributed by atoms with Crippen LogP contribution in [0.4, 0.5) is 5.69 Å². The van der Waals surface area contributed by atoms with Crippen LogP contribution < -0.4 is 5.73 Å². The molecule has 0 amide bonds. The van der Waals surface area contributed by atoms with Crippen LogP contribution in [0.2, 0.25) is 0 Å². The van der Waals surface area contributed by atoms with Crippen LogP contribution in [0.3, 0.4) is 0 Å². The third-order valence-electron chi connectivity index (χ3n) is 2.97. The molecule has 2 aromatic rings. The maximum Gasteiger partial charge on any atom is 0.196 e. The largest absolute Gasteiger partial charge is 0.369 e. The second kappa shape index (κ2) is 6.59. The molecular formula is C16H19N3. The summed E-state index contributed by atoms with van der Waals surface area (Å²) in [6.45, 7) is 0.853. The molecule has 0 unspecified atom stereocenters. The molecule has 3 heteroatoms. The van der Waals surface area contributed by atoms with Crippen LogP contribution in [-0.4, -0.2) is 24.5 Å². The van der Waals surface area contributed by atoms with E-state index >= 15 is 0 Å². The summed E-state index contributed by atoms with van der Waals surface area (Å²) in [5.74, 6) is 0.544. The zero-order valence-electron chi connectivity index (χ0n) is 11.2. The highest BCUT2D eigenvalue weighted by Crippen LogP contribution is 2.10. The van der Waals surface area contributed by atoms with Gasteiger partial charge in [-0.25, -0.2) is 4.99 Å². The summed E-state index contributed by atoms with van der Waals surface area (Å²) in [4.78, 5) is 6.36. The van der Waals surface area contributed by atoms with Crippen molar-refractivity contribution in [3.8, 4) is 0 Å². The number of nitrogens with two attached hydrogens (primary N) is 1. The molecule has 0 saturated carbocycles. The number of nitrogens with zero attached hydrogens (tertiary/aromatic N) is 2. The fourth-order valence-corrected chi connectivity index (χ4v) is 1.78. The molecule has 98 valence electrons.